The molecule has 20 heavy (non-hydrogen) atoms. The van der Waals surface area contributed by atoms with Crippen molar-refractivity contribution < 1.29 is 0 Å². The molecule has 1 N–H and O–H groups in total. The average Bonchev–Trinajstić information content (AvgIpc) is 2.83. The Hall–Kier alpha value is -1.33. The zero-order chi connectivity index (χ0) is 14.4. The maximum absolute atomic E-state index is 4.75. The maximum Gasteiger partial charge on any atom is 0.188 e. The Morgan fingerprint density at radius 3 is 2.65 bits per heavy atom. The molecule has 0 atom stereocenters. The van der Waals surface area contributed by atoms with E-state index in [-0.39, 0.29) is 0 Å². The van der Waals surface area contributed by atoms with E-state index in [0.717, 1.165) is 36.8 Å². The van der Waals surface area contributed by atoms with Gasteiger partial charge in [0.1, 0.15) is 0 Å². The van der Waals surface area contributed by atoms with Crippen molar-refractivity contribution in [2.24, 2.45) is 5.92 Å². The molecule has 0 aromatic carbocycles. The third-order valence-corrected chi connectivity index (χ3v) is 3.94. The van der Waals surface area contributed by atoms with E-state index in [2.05, 4.69) is 36.1 Å². The predicted octanol–water partition coefficient (Wildman–Crippen LogP) is 3.30. The summed E-state index contributed by atoms with van der Waals surface area (Å²) in [7, 11) is 0. The van der Waals surface area contributed by atoms with Gasteiger partial charge in [0.25, 0.3) is 0 Å². The van der Waals surface area contributed by atoms with E-state index in [1.807, 2.05) is 6.07 Å². The molecule has 2 aromatic heterocycles. The lowest BCUT2D eigenvalue weighted by Gasteiger charge is -2.05. The van der Waals surface area contributed by atoms with Crippen molar-refractivity contribution in [3.05, 3.63) is 29.0 Å². The minimum absolute atomic E-state index is 0.603. The smallest absolute Gasteiger partial charge is 0.188 e. The molecule has 5 heteroatoms. The summed E-state index contributed by atoms with van der Waals surface area (Å²) in [4.78, 5) is 14.7. The Bertz CT molecular complexity index is 522. The van der Waals surface area contributed by atoms with Crippen LogP contribution >= 0.6 is 11.3 Å². The SMILES string of the molecule is CCCNCc1sc(-c2ncccn2)nc1CC(C)C. The maximum atomic E-state index is 4.75. The van der Waals surface area contributed by atoms with E-state index in [4.69, 9.17) is 4.98 Å². The van der Waals surface area contributed by atoms with Crippen molar-refractivity contribution in [2.75, 3.05) is 6.54 Å². The molecule has 0 radical (unpaired) electrons. The summed E-state index contributed by atoms with van der Waals surface area (Å²) in [6.45, 7) is 8.55. The fourth-order valence-corrected chi connectivity index (χ4v) is 2.96. The highest BCUT2D eigenvalue weighted by atomic mass is 32.1. The molecule has 0 saturated carbocycles. The first-order valence-corrected chi connectivity index (χ1v) is 7.99. The molecule has 0 aliphatic rings. The molecule has 0 saturated heterocycles. The van der Waals surface area contributed by atoms with E-state index in [1.165, 1.54) is 10.6 Å². The molecule has 0 amide bonds. The molecule has 0 aliphatic heterocycles. The molecule has 108 valence electrons. The van der Waals surface area contributed by atoms with Crippen LogP contribution in [-0.4, -0.2) is 21.5 Å². The van der Waals surface area contributed by atoms with Gasteiger partial charge < -0.3 is 5.32 Å². The summed E-state index contributed by atoms with van der Waals surface area (Å²) in [6, 6.07) is 1.83. The Kier molecular flexibility index (Phi) is 5.61. The summed E-state index contributed by atoms with van der Waals surface area (Å²) < 4.78 is 0. The van der Waals surface area contributed by atoms with E-state index < -0.39 is 0 Å². The number of thiazole rings is 1. The average molecular weight is 290 g/mol. The number of nitrogens with one attached hydrogen (secondary N) is 1. The normalized spacial score (nSPS) is 11.2. The number of hydrogen-bond donors (Lipinski definition) is 1. The van der Waals surface area contributed by atoms with Gasteiger partial charge in [-0.3, -0.25) is 0 Å². The molecule has 2 heterocycles. The second kappa shape index (κ2) is 7.45. The number of hydrogen-bond acceptors (Lipinski definition) is 5. The summed E-state index contributed by atoms with van der Waals surface area (Å²) in [6.07, 6.45) is 5.68. The van der Waals surface area contributed by atoms with Crippen molar-refractivity contribution in [1.29, 1.82) is 0 Å². The first-order chi connectivity index (χ1) is 9.70. The summed E-state index contributed by atoms with van der Waals surface area (Å²) in [5.74, 6) is 1.33. The number of rotatable bonds is 7. The molecular formula is C15H22N4S. The second-order valence-corrected chi connectivity index (χ2v) is 6.32. The Labute approximate surface area is 124 Å². The van der Waals surface area contributed by atoms with Crippen LogP contribution in [0.5, 0.6) is 0 Å². The van der Waals surface area contributed by atoms with Crippen LogP contribution < -0.4 is 5.32 Å². The lowest BCUT2D eigenvalue weighted by Crippen LogP contribution is -2.14. The zero-order valence-corrected chi connectivity index (χ0v) is 13.2. The van der Waals surface area contributed by atoms with Crippen LogP contribution in [0.3, 0.4) is 0 Å². The van der Waals surface area contributed by atoms with Gasteiger partial charge in [0.05, 0.1) is 5.69 Å². The predicted molar refractivity (Wildman–Crippen MR) is 83.7 cm³/mol. The van der Waals surface area contributed by atoms with Gasteiger partial charge in [0.15, 0.2) is 10.8 Å². The zero-order valence-electron chi connectivity index (χ0n) is 12.4. The highest BCUT2D eigenvalue weighted by Crippen LogP contribution is 2.27. The van der Waals surface area contributed by atoms with Crippen molar-refractivity contribution in [2.45, 2.75) is 40.2 Å². The molecule has 2 aromatic rings. The number of nitrogens with zero attached hydrogens (tertiary/aromatic N) is 3. The summed E-state index contributed by atoms with van der Waals surface area (Å²) in [5.41, 5.74) is 1.19. The van der Waals surface area contributed by atoms with E-state index in [1.54, 1.807) is 23.7 Å². The summed E-state index contributed by atoms with van der Waals surface area (Å²) in [5, 5.41) is 4.38. The van der Waals surface area contributed by atoms with Gasteiger partial charge in [0.2, 0.25) is 0 Å². The van der Waals surface area contributed by atoms with Gasteiger partial charge in [0, 0.05) is 23.8 Å². The lowest BCUT2D eigenvalue weighted by atomic mass is 10.1. The molecular weight excluding hydrogens is 268 g/mol. The molecule has 0 unspecified atom stereocenters. The third-order valence-electron chi connectivity index (χ3n) is 2.85. The van der Waals surface area contributed by atoms with Gasteiger partial charge in [-0.1, -0.05) is 20.8 Å². The first kappa shape index (κ1) is 15.1. The minimum Gasteiger partial charge on any atom is -0.312 e. The van der Waals surface area contributed by atoms with Crippen LogP contribution in [0.2, 0.25) is 0 Å². The fourth-order valence-electron chi connectivity index (χ4n) is 1.95. The van der Waals surface area contributed by atoms with E-state index in [0.29, 0.717) is 5.92 Å². The quantitative estimate of drug-likeness (QED) is 0.795. The highest BCUT2D eigenvalue weighted by molar-refractivity contribution is 7.15. The molecule has 0 aliphatic carbocycles. The van der Waals surface area contributed by atoms with Crippen molar-refractivity contribution >= 4 is 11.3 Å². The second-order valence-electron chi connectivity index (χ2n) is 5.24. The standard InChI is InChI=1S/C15H22N4S/c1-4-6-16-10-13-12(9-11(2)3)19-15(20-13)14-17-7-5-8-18-14/h5,7-8,11,16H,4,6,9-10H2,1-3H3. The van der Waals surface area contributed by atoms with Gasteiger partial charge in [-0.05, 0) is 31.4 Å². The largest absolute Gasteiger partial charge is 0.312 e. The lowest BCUT2D eigenvalue weighted by molar-refractivity contribution is 0.623. The van der Waals surface area contributed by atoms with Gasteiger partial charge in [-0.2, -0.15) is 0 Å². The Morgan fingerprint density at radius 1 is 1.25 bits per heavy atom. The van der Waals surface area contributed by atoms with Crippen LogP contribution in [0.25, 0.3) is 10.8 Å². The Morgan fingerprint density at radius 2 is 2.00 bits per heavy atom. The first-order valence-electron chi connectivity index (χ1n) is 7.17. The van der Waals surface area contributed by atoms with Crippen molar-refractivity contribution in [3.8, 4) is 10.8 Å². The molecule has 4 nitrogen and oxygen atoms in total. The minimum atomic E-state index is 0.603. The third kappa shape index (κ3) is 4.08. The van der Waals surface area contributed by atoms with Crippen LogP contribution in [0, 0.1) is 5.92 Å². The molecule has 2 rings (SSSR count). The fraction of sp³-hybridized carbons (Fsp3) is 0.533. The monoisotopic (exact) mass is 290 g/mol. The highest BCUT2D eigenvalue weighted by Gasteiger charge is 2.14. The van der Waals surface area contributed by atoms with Crippen LogP contribution in [-0.2, 0) is 13.0 Å². The summed E-state index contributed by atoms with van der Waals surface area (Å²) >= 11 is 1.71. The molecule has 0 fully saturated rings. The van der Waals surface area contributed by atoms with Crippen molar-refractivity contribution in [1.82, 2.24) is 20.3 Å². The van der Waals surface area contributed by atoms with Gasteiger partial charge in [-0.15, -0.1) is 11.3 Å². The van der Waals surface area contributed by atoms with Gasteiger partial charge >= 0.3 is 0 Å². The van der Waals surface area contributed by atoms with E-state index >= 15 is 0 Å². The van der Waals surface area contributed by atoms with Crippen LogP contribution in [0.4, 0.5) is 0 Å². The van der Waals surface area contributed by atoms with Gasteiger partial charge in [-0.25, -0.2) is 15.0 Å². The Balaban J connectivity index is 2.22. The van der Waals surface area contributed by atoms with Crippen molar-refractivity contribution in [3.63, 3.8) is 0 Å². The van der Waals surface area contributed by atoms with Crippen LogP contribution in [0.15, 0.2) is 18.5 Å². The van der Waals surface area contributed by atoms with E-state index in [9.17, 15) is 0 Å². The molecule has 0 bridgehead atoms. The topological polar surface area (TPSA) is 50.7 Å². The number of aromatic nitrogens is 3. The molecule has 0 spiro atoms. The van der Waals surface area contributed by atoms with Crippen LogP contribution in [0.1, 0.15) is 37.8 Å².